The highest BCUT2D eigenvalue weighted by atomic mass is 15.1. The molecule has 200 valence electrons. The van der Waals surface area contributed by atoms with E-state index in [2.05, 4.69) is 114 Å². The van der Waals surface area contributed by atoms with Crippen LogP contribution in [0.15, 0.2) is 146 Å². The van der Waals surface area contributed by atoms with Crippen LogP contribution in [0, 0.1) is 11.3 Å². The molecule has 0 aliphatic carbocycles. The molecule has 0 aliphatic heterocycles. The lowest BCUT2D eigenvalue weighted by atomic mass is 9.96. The number of imidazole rings is 1. The van der Waals surface area contributed by atoms with Crippen LogP contribution in [-0.2, 0) is 0 Å². The number of para-hydroxylation sites is 2. The number of fused-ring (bicyclic) bond motifs is 5. The van der Waals surface area contributed by atoms with Gasteiger partial charge in [0.05, 0.1) is 33.9 Å². The third kappa shape index (κ3) is 4.15. The maximum atomic E-state index is 9.27. The fourth-order valence-corrected chi connectivity index (χ4v) is 5.99. The summed E-state index contributed by atoms with van der Waals surface area (Å²) in [4.78, 5) is 10.7. The Labute approximate surface area is 248 Å². The maximum absolute atomic E-state index is 9.27. The lowest BCUT2D eigenvalue weighted by molar-refractivity contribution is 1.10. The molecule has 0 radical (unpaired) electrons. The monoisotopic (exact) mass is 548 g/mol. The van der Waals surface area contributed by atoms with Gasteiger partial charge in [-0.2, -0.15) is 5.26 Å². The van der Waals surface area contributed by atoms with E-state index in [0.717, 1.165) is 72.2 Å². The van der Waals surface area contributed by atoms with Crippen LogP contribution >= 0.6 is 0 Å². The molecular weight excluding hydrogens is 524 g/mol. The molecule has 0 aliphatic rings. The van der Waals surface area contributed by atoms with E-state index in [4.69, 9.17) is 9.97 Å². The van der Waals surface area contributed by atoms with Crippen LogP contribution in [0.5, 0.6) is 0 Å². The molecular formula is C39H24N4. The van der Waals surface area contributed by atoms with Crippen LogP contribution in [0.1, 0.15) is 5.56 Å². The minimum absolute atomic E-state index is 0.646. The summed E-state index contributed by atoms with van der Waals surface area (Å²) in [7, 11) is 0. The fourth-order valence-electron chi connectivity index (χ4n) is 5.99. The second-order valence-electron chi connectivity index (χ2n) is 10.6. The quantitative estimate of drug-likeness (QED) is 0.206. The number of nitrogens with zero attached hydrogens (tertiary/aromatic N) is 4. The van der Waals surface area contributed by atoms with Gasteiger partial charge >= 0.3 is 0 Å². The highest BCUT2D eigenvalue weighted by Crippen LogP contribution is 2.40. The Hall–Kier alpha value is -6.05. The summed E-state index contributed by atoms with van der Waals surface area (Å²) < 4.78 is 2.25. The van der Waals surface area contributed by atoms with Gasteiger partial charge in [-0.05, 0) is 59.0 Å². The molecule has 0 amide bonds. The molecule has 0 saturated heterocycles. The van der Waals surface area contributed by atoms with Gasteiger partial charge < -0.3 is 0 Å². The smallest absolute Gasteiger partial charge is 0.145 e. The van der Waals surface area contributed by atoms with E-state index in [0.29, 0.717) is 5.56 Å². The number of hydrogen-bond acceptors (Lipinski definition) is 3. The molecule has 0 fully saturated rings. The molecule has 4 heteroatoms. The van der Waals surface area contributed by atoms with Crippen LogP contribution in [0.25, 0.3) is 72.2 Å². The Morgan fingerprint density at radius 3 is 2.02 bits per heavy atom. The first kappa shape index (κ1) is 24.7. The van der Waals surface area contributed by atoms with Crippen molar-refractivity contribution in [3.05, 3.63) is 151 Å². The Morgan fingerprint density at radius 2 is 1.23 bits per heavy atom. The van der Waals surface area contributed by atoms with Gasteiger partial charge in [-0.25, -0.2) is 9.97 Å². The first-order valence-corrected chi connectivity index (χ1v) is 14.2. The second-order valence-corrected chi connectivity index (χ2v) is 10.6. The van der Waals surface area contributed by atoms with Crippen molar-refractivity contribution >= 4 is 32.7 Å². The highest BCUT2D eigenvalue weighted by Gasteiger charge is 2.20. The molecule has 4 nitrogen and oxygen atoms in total. The number of aromatic nitrogens is 3. The molecule has 0 spiro atoms. The number of rotatable bonds is 4. The summed E-state index contributed by atoms with van der Waals surface area (Å²) in [6.07, 6.45) is 0. The molecule has 0 bridgehead atoms. The Balaban J connectivity index is 1.46. The molecule has 0 unspecified atom stereocenters. The second kappa shape index (κ2) is 10.1. The zero-order valence-corrected chi connectivity index (χ0v) is 23.1. The van der Waals surface area contributed by atoms with Crippen molar-refractivity contribution in [1.29, 1.82) is 5.26 Å². The van der Waals surface area contributed by atoms with Gasteiger partial charge in [-0.3, -0.25) is 4.57 Å². The lowest BCUT2D eigenvalue weighted by Gasteiger charge is -2.13. The SMILES string of the molecule is N#Cc1ccc(-c2cccc(-c3nc4ccccc4c4ccc5c(nc(-c6ccccc6)n5-c5ccccc5)c34)c2)cc1. The minimum atomic E-state index is 0.646. The summed E-state index contributed by atoms with van der Waals surface area (Å²) in [6.45, 7) is 0. The van der Waals surface area contributed by atoms with Gasteiger partial charge in [0.25, 0.3) is 0 Å². The summed E-state index contributed by atoms with van der Waals surface area (Å²) in [5.41, 5.74) is 9.67. The zero-order chi connectivity index (χ0) is 28.8. The van der Waals surface area contributed by atoms with Crippen molar-refractivity contribution in [3.63, 3.8) is 0 Å². The number of hydrogen-bond donors (Lipinski definition) is 0. The molecule has 0 atom stereocenters. The van der Waals surface area contributed by atoms with Gasteiger partial charge in [0.1, 0.15) is 5.82 Å². The number of pyridine rings is 1. The normalized spacial score (nSPS) is 11.2. The van der Waals surface area contributed by atoms with Gasteiger partial charge in [0, 0.05) is 27.6 Å². The Bertz CT molecular complexity index is 2330. The van der Waals surface area contributed by atoms with Crippen LogP contribution < -0.4 is 0 Å². The summed E-state index contributed by atoms with van der Waals surface area (Å²) >= 11 is 0. The van der Waals surface area contributed by atoms with Crippen molar-refractivity contribution in [2.75, 3.05) is 0 Å². The first-order chi connectivity index (χ1) is 21.3. The minimum Gasteiger partial charge on any atom is -0.292 e. The van der Waals surface area contributed by atoms with Gasteiger partial charge in [-0.1, -0.05) is 103 Å². The van der Waals surface area contributed by atoms with E-state index in [1.165, 1.54) is 0 Å². The van der Waals surface area contributed by atoms with Crippen molar-refractivity contribution in [1.82, 2.24) is 14.5 Å². The van der Waals surface area contributed by atoms with Crippen LogP contribution in [0.3, 0.4) is 0 Å². The molecule has 6 aromatic carbocycles. The molecule has 8 aromatic rings. The van der Waals surface area contributed by atoms with Gasteiger partial charge in [0.15, 0.2) is 0 Å². The zero-order valence-electron chi connectivity index (χ0n) is 23.1. The Morgan fingerprint density at radius 1 is 0.535 bits per heavy atom. The third-order valence-electron chi connectivity index (χ3n) is 8.02. The highest BCUT2D eigenvalue weighted by molar-refractivity contribution is 6.20. The van der Waals surface area contributed by atoms with E-state index in [-0.39, 0.29) is 0 Å². The Kier molecular flexibility index (Phi) is 5.80. The summed E-state index contributed by atoms with van der Waals surface area (Å²) in [5.74, 6) is 0.889. The van der Waals surface area contributed by atoms with E-state index >= 15 is 0 Å². The van der Waals surface area contributed by atoms with E-state index in [1.54, 1.807) is 0 Å². The molecule has 43 heavy (non-hydrogen) atoms. The summed E-state index contributed by atoms with van der Waals surface area (Å²) in [5, 5.41) is 12.5. The van der Waals surface area contributed by atoms with E-state index in [9.17, 15) is 5.26 Å². The third-order valence-corrected chi connectivity index (χ3v) is 8.02. The fraction of sp³-hybridized carbons (Fsp3) is 0. The van der Waals surface area contributed by atoms with Crippen molar-refractivity contribution in [3.8, 4) is 45.5 Å². The molecule has 8 rings (SSSR count). The van der Waals surface area contributed by atoms with Crippen LogP contribution in [0.4, 0.5) is 0 Å². The molecule has 0 saturated carbocycles. The standard InChI is InChI=1S/C39H24N4/c40-25-26-18-20-27(21-19-26)29-12-9-13-30(24-29)37-36-33(32-16-7-8-17-34(32)41-37)22-23-35-38(36)42-39(28-10-3-1-4-11-28)43(35)31-14-5-2-6-15-31/h1-24H. The van der Waals surface area contributed by atoms with Gasteiger partial charge in [0.2, 0.25) is 0 Å². The van der Waals surface area contributed by atoms with E-state index < -0.39 is 0 Å². The molecule has 2 aromatic heterocycles. The van der Waals surface area contributed by atoms with Crippen molar-refractivity contribution in [2.45, 2.75) is 0 Å². The molecule has 0 N–H and O–H groups in total. The topological polar surface area (TPSA) is 54.5 Å². The van der Waals surface area contributed by atoms with Crippen molar-refractivity contribution < 1.29 is 0 Å². The first-order valence-electron chi connectivity index (χ1n) is 14.2. The number of benzene rings is 6. The maximum Gasteiger partial charge on any atom is 0.145 e. The summed E-state index contributed by atoms with van der Waals surface area (Å²) in [6, 6.07) is 51.9. The van der Waals surface area contributed by atoms with Crippen molar-refractivity contribution in [2.24, 2.45) is 0 Å². The lowest BCUT2D eigenvalue weighted by Crippen LogP contribution is -1.97. The molecule has 2 heterocycles. The number of nitriles is 1. The largest absolute Gasteiger partial charge is 0.292 e. The average molecular weight is 549 g/mol. The van der Waals surface area contributed by atoms with Crippen LogP contribution in [-0.4, -0.2) is 14.5 Å². The predicted octanol–water partition coefficient (Wildman–Crippen LogP) is 9.60. The van der Waals surface area contributed by atoms with E-state index in [1.807, 2.05) is 42.5 Å². The predicted molar refractivity (Wildman–Crippen MR) is 175 cm³/mol. The van der Waals surface area contributed by atoms with Gasteiger partial charge in [-0.15, -0.1) is 0 Å². The average Bonchev–Trinajstić information content (AvgIpc) is 3.49. The van der Waals surface area contributed by atoms with Crippen LogP contribution in [0.2, 0.25) is 0 Å².